The van der Waals surface area contributed by atoms with E-state index in [9.17, 15) is 4.79 Å². The van der Waals surface area contributed by atoms with E-state index in [1.807, 2.05) is 18.2 Å². The molecule has 0 saturated heterocycles. The second-order valence-electron chi connectivity index (χ2n) is 8.98. The summed E-state index contributed by atoms with van der Waals surface area (Å²) in [6, 6.07) is 8.14. The number of nitrogens with one attached hydrogen (secondary N) is 1. The van der Waals surface area contributed by atoms with Crippen LogP contribution in [0.2, 0.25) is 5.02 Å². The molecular formula is C21H30ClN2O+. The van der Waals surface area contributed by atoms with E-state index in [4.69, 9.17) is 11.6 Å². The average Bonchev–Trinajstić information content (AvgIpc) is 2.57. The molecule has 1 aromatic rings. The zero-order valence-corrected chi connectivity index (χ0v) is 15.9. The second kappa shape index (κ2) is 6.92. The van der Waals surface area contributed by atoms with Gasteiger partial charge in [0.15, 0.2) is 6.54 Å². The smallest absolute Gasteiger partial charge is 0.275 e. The van der Waals surface area contributed by atoms with E-state index >= 15 is 0 Å². The maximum atomic E-state index is 12.4. The van der Waals surface area contributed by atoms with Crippen molar-refractivity contribution in [3.63, 3.8) is 0 Å². The summed E-state index contributed by atoms with van der Waals surface area (Å²) in [5, 5.41) is 6.11. The van der Waals surface area contributed by atoms with Crippen molar-refractivity contribution >= 4 is 17.5 Å². The monoisotopic (exact) mass is 361 g/mol. The van der Waals surface area contributed by atoms with E-state index in [0.717, 1.165) is 29.3 Å². The number of quaternary nitrogens is 1. The minimum atomic E-state index is 0.171. The molecular weight excluding hydrogens is 332 g/mol. The fourth-order valence-electron chi connectivity index (χ4n) is 6.07. The largest absolute Gasteiger partial charge is 0.351 e. The zero-order valence-electron chi connectivity index (χ0n) is 15.1. The van der Waals surface area contributed by atoms with Crippen LogP contribution in [0, 0.1) is 23.2 Å². The normalized spacial score (nSPS) is 34.1. The van der Waals surface area contributed by atoms with Gasteiger partial charge in [-0.05, 0) is 80.8 Å². The topological polar surface area (TPSA) is 45.7 Å². The summed E-state index contributed by atoms with van der Waals surface area (Å²) < 4.78 is 0. The van der Waals surface area contributed by atoms with Gasteiger partial charge in [-0.1, -0.05) is 23.7 Å². The van der Waals surface area contributed by atoms with Crippen molar-refractivity contribution in [3.8, 4) is 0 Å². The third-order valence-corrected chi connectivity index (χ3v) is 7.09. The molecule has 4 bridgehead atoms. The highest BCUT2D eigenvalue weighted by atomic mass is 35.5. The third-order valence-electron chi connectivity index (χ3n) is 6.86. The van der Waals surface area contributed by atoms with Crippen LogP contribution in [0.5, 0.6) is 0 Å². The molecule has 5 rings (SSSR count). The molecule has 4 aliphatic rings. The van der Waals surface area contributed by atoms with Crippen molar-refractivity contribution in [2.24, 2.45) is 23.2 Å². The molecule has 0 spiro atoms. The Balaban J connectivity index is 1.26. The van der Waals surface area contributed by atoms with Crippen LogP contribution in [0.25, 0.3) is 0 Å². The van der Waals surface area contributed by atoms with E-state index in [1.165, 1.54) is 44.1 Å². The molecule has 1 amide bonds. The van der Waals surface area contributed by atoms with Crippen LogP contribution in [0.3, 0.4) is 0 Å². The van der Waals surface area contributed by atoms with Crippen molar-refractivity contribution in [1.82, 2.24) is 5.32 Å². The molecule has 0 aliphatic heterocycles. The molecule has 0 aromatic heterocycles. The van der Waals surface area contributed by atoms with Gasteiger partial charge in [-0.2, -0.15) is 0 Å². The summed E-state index contributed by atoms with van der Waals surface area (Å²) >= 11 is 6.06. The van der Waals surface area contributed by atoms with E-state index in [0.29, 0.717) is 12.0 Å². The number of carbonyl (C=O) groups excluding carboxylic acids is 1. The Hall–Kier alpha value is -1.06. The van der Waals surface area contributed by atoms with Crippen LogP contribution in [0.15, 0.2) is 24.3 Å². The zero-order chi connectivity index (χ0) is 17.4. The number of amides is 1. The quantitative estimate of drug-likeness (QED) is 0.802. The molecule has 0 heterocycles. The number of halogens is 1. The number of nitrogens with two attached hydrogens (primary N) is 1. The summed E-state index contributed by atoms with van der Waals surface area (Å²) in [5.74, 6) is 3.00. The summed E-state index contributed by atoms with van der Waals surface area (Å²) in [7, 11) is 0. The Morgan fingerprint density at radius 3 is 2.48 bits per heavy atom. The average molecular weight is 362 g/mol. The summed E-state index contributed by atoms with van der Waals surface area (Å²) in [6.45, 7) is 3.51. The predicted molar refractivity (Wildman–Crippen MR) is 100 cm³/mol. The summed E-state index contributed by atoms with van der Waals surface area (Å²) in [6.07, 6.45) is 8.42. The molecule has 0 unspecified atom stereocenters. The lowest BCUT2D eigenvalue weighted by Crippen LogP contribution is -2.87. The maximum absolute atomic E-state index is 12.4. The standard InChI is InChI=1S/C21H29ClN2O/c1-14(18-3-2-4-19(22)8-18)23-12-20(25)24-13-21-9-15-5-16(10-21)7-17(6-15)11-21/h2-4,8,14-17,23H,5-7,9-13H2,1H3,(H,24,25)/p+1/t14-,15?,16?,17?,21?/m1/s1. The lowest BCUT2D eigenvalue weighted by Gasteiger charge is -2.56. The predicted octanol–water partition coefficient (Wildman–Crippen LogP) is 3.30. The molecule has 4 saturated carbocycles. The first kappa shape index (κ1) is 17.4. The molecule has 25 heavy (non-hydrogen) atoms. The molecule has 4 fully saturated rings. The van der Waals surface area contributed by atoms with Gasteiger partial charge in [0.2, 0.25) is 0 Å². The van der Waals surface area contributed by atoms with Crippen LogP contribution >= 0.6 is 11.6 Å². The number of hydrogen-bond acceptors (Lipinski definition) is 1. The van der Waals surface area contributed by atoms with Crippen LogP contribution < -0.4 is 10.6 Å². The molecule has 1 atom stereocenters. The third kappa shape index (κ3) is 3.88. The van der Waals surface area contributed by atoms with Crippen molar-refractivity contribution in [3.05, 3.63) is 34.9 Å². The van der Waals surface area contributed by atoms with Gasteiger partial charge in [-0.25, -0.2) is 0 Å². The lowest BCUT2D eigenvalue weighted by atomic mass is 9.49. The van der Waals surface area contributed by atoms with Crippen molar-refractivity contribution in [2.75, 3.05) is 13.1 Å². The maximum Gasteiger partial charge on any atom is 0.275 e. The molecule has 4 heteroatoms. The first-order chi connectivity index (χ1) is 12.0. The Kier molecular flexibility index (Phi) is 4.81. The number of hydrogen-bond donors (Lipinski definition) is 2. The minimum Gasteiger partial charge on any atom is -0.351 e. The Morgan fingerprint density at radius 1 is 1.24 bits per heavy atom. The van der Waals surface area contributed by atoms with E-state index < -0.39 is 0 Å². The van der Waals surface area contributed by atoms with E-state index in [1.54, 1.807) is 0 Å². The van der Waals surface area contributed by atoms with Gasteiger partial charge in [0, 0.05) is 17.1 Å². The van der Waals surface area contributed by atoms with Crippen molar-refractivity contribution in [1.29, 1.82) is 0 Å². The highest BCUT2D eigenvalue weighted by Gasteiger charge is 2.50. The summed E-state index contributed by atoms with van der Waals surface area (Å²) in [5.41, 5.74) is 1.59. The SMILES string of the molecule is C[C@@H]([NH2+]CC(=O)NCC12CC3CC(CC(C3)C1)C2)c1cccc(Cl)c1. The molecule has 136 valence electrons. The van der Waals surface area contributed by atoms with Gasteiger partial charge < -0.3 is 10.6 Å². The Bertz CT molecular complexity index is 609. The van der Waals surface area contributed by atoms with Gasteiger partial charge in [0.05, 0.1) is 0 Å². The van der Waals surface area contributed by atoms with Crippen molar-refractivity contribution in [2.45, 2.75) is 51.5 Å². The highest BCUT2D eigenvalue weighted by molar-refractivity contribution is 6.30. The molecule has 1 aromatic carbocycles. The van der Waals surface area contributed by atoms with Gasteiger partial charge >= 0.3 is 0 Å². The number of carbonyl (C=O) groups is 1. The molecule has 0 radical (unpaired) electrons. The fourth-order valence-corrected chi connectivity index (χ4v) is 6.27. The van der Waals surface area contributed by atoms with Crippen LogP contribution in [0.4, 0.5) is 0 Å². The highest BCUT2D eigenvalue weighted by Crippen LogP contribution is 2.59. The first-order valence-electron chi connectivity index (χ1n) is 9.87. The summed E-state index contributed by atoms with van der Waals surface area (Å²) in [4.78, 5) is 12.4. The van der Waals surface area contributed by atoms with E-state index in [2.05, 4.69) is 23.6 Å². The Morgan fingerprint density at radius 2 is 1.88 bits per heavy atom. The molecule has 3 N–H and O–H groups in total. The second-order valence-corrected chi connectivity index (χ2v) is 9.41. The Labute approximate surface area is 155 Å². The van der Waals surface area contributed by atoms with Crippen LogP contribution in [-0.4, -0.2) is 19.0 Å². The van der Waals surface area contributed by atoms with E-state index in [-0.39, 0.29) is 11.9 Å². The van der Waals surface area contributed by atoms with Gasteiger partial charge in [-0.15, -0.1) is 0 Å². The van der Waals surface area contributed by atoms with Gasteiger partial charge in [-0.3, -0.25) is 4.79 Å². The molecule has 4 aliphatic carbocycles. The number of benzene rings is 1. The first-order valence-corrected chi connectivity index (χ1v) is 10.2. The van der Waals surface area contributed by atoms with Crippen LogP contribution in [-0.2, 0) is 4.79 Å². The lowest BCUT2D eigenvalue weighted by molar-refractivity contribution is -0.682. The van der Waals surface area contributed by atoms with Crippen LogP contribution in [0.1, 0.15) is 57.1 Å². The minimum absolute atomic E-state index is 0.171. The fraction of sp³-hybridized carbons (Fsp3) is 0.667. The van der Waals surface area contributed by atoms with Gasteiger partial charge in [0.25, 0.3) is 5.91 Å². The molecule has 3 nitrogen and oxygen atoms in total. The number of rotatable bonds is 6. The van der Waals surface area contributed by atoms with Gasteiger partial charge in [0.1, 0.15) is 6.04 Å². The van der Waals surface area contributed by atoms with Crippen molar-refractivity contribution < 1.29 is 10.1 Å².